The maximum absolute atomic E-state index is 10.9. The van der Waals surface area contributed by atoms with Crippen LogP contribution in [0.1, 0.15) is 16.7 Å². The monoisotopic (exact) mass is 368 g/mol. The third-order valence-corrected chi connectivity index (χ3v) is 4.39. The van der Waals surface area contributed by atoms with Crippen LogP contribution in [0.25, 0.3) is 0 Å². The van der Waals surface area contributed by atoms with E-state index in [-0.39, 0.29) is 10.6 Å². The van der Waals surface area contributed by atoms with Gasteiger partial charge in [-0.05, 0) is 53.0 Å². The molecule has 1 N–H and O–H groups in total. The molecule has 0 unspecified atom stereocenters. The van der Waals surface area contributed by atoms with Crippen molar-refractivity contribution in [3.63, 3.8) is 0 Å². The molecule has 0 aliphatic rings. The number of hydrogen-bond acceptors (Lipinski definition) is 3. The van der Waals surface area contributed by atoms with Crippen LogP contribution >= 0.6 is 27.5 Å². The zero-order valence-electron chi connectivity index (χ0n) is 11.6. The molecule has 0 saturated heterocycles. The quantitative estimate of drug-likeness (QED) is 0.592. The van der Waals surface area contributed by atoms with Crippen molar-refractivity contribution in [2.75, 3.05) is 5.32 Å². The summed E-state index contributed by atoms with van der Waals surface area (Å²) in [5, 5.41) is 14.9. The van der Waals surface area contributed by atoms with E-state index in [4.69, 9.17) is 11.6 Å². The number of nitrogens with zero attached hydrogens (tertiary/aromatic N) is 1. The van der Waals surface area contributed by atoms with E-state index in [1.807, 2.05) is 25.1 Å². The van der Waals surface area contributed by atoms with Gasteiger partial charge in [0.05, 0.1) is 10.6 Å². The molecule has 0 atom stereocenters. The molecule has 4 nitrogen and oxygen atoms in total. The predicted octanol–water partition coefficient (Wildman–Crippen LogP) is 5.24. The maximum atomic E-state index is 10.9. The minimum Gasteiger partial charge on any atom is -0.380 e. The van der Waals surface area contributed by atoms with Gasteiger partial charge in [-0.25, -0.2) is 0 Å². The van der Waals surface area contributed by atoms with Gasteiger partial charge in [0.25, 0.3) is 5.69 Å². The molecule has 0 saturated carbocycles. The Kier molecular flexibility index (Phi) is 4.85. The number of nitro benzene ring substituents is 1. The van der Waals surface area contributed by atoms with Crippen molar-refractivity contribution < 1.29 is 4.92 Å². The molecule has 0 fully saturated rings. The number of aryl methyl sites for hydroxylation is 1. The van der Waals surface area contributed by atoms with E-state index >= 15 is 0 Å². The summed E-state index contributed by atoms with van der Waals surface area (Å²) in [5.74, 6) is 0. The number of hydrogen-bond donors (Lipinski definition) is 1. The molecule has 0 aliphatic heterocycles. The van der Waals surface area contributed by atoms with Crippen LogP contribution in [0.3, 0.4) is 0 Å². The molecule has 0 radical (unpaired) electrons. The first-order valence-corrected chi connectivity index (χ1v) is 7.49. The Hall–Kier alpha value is -1.59. The average molecular weight is 370 g/mol. The van der Waals surface area contributed by atoms with E-state index in [1.54, 1.807) is 13.0 Å². The van der Waals surface area contributed by atoms with Gasteiger partial charge in [0, 0.05) is 27.7 Å². The smallest absolute Gasteiger partial charge is 0.272 e. The standard InChI is InChI=1S/C15H14BrClN2O2/c1-9-6-12(16)14(7-13(9)17)18-8-11-4-3-5-15(10(11)2)19(20)21/h3-7,18H,8H2,1-2H3. The van der Waals surface area contributed by atoms with Crippen LogP contribution in [0.5, 0.6) is 0 Å². The van der Waals surface area contributed by atoms with E-state index < -0.39 is 0 Å². The largest absolute Gasteiger partial charge is 0.380 e. The first kappa shape index (κ1) is 15.8. The van der Waals surface area contributed by atoms with Crippen LogP contribution in [-0.4, -0.2) is 4.92 Å². The highest BCUT2D eigenvalue weighted by Crippen LogP contribution is 2.30. The highest BCUT2D eigenvalue weighted by atomic mass is 79.9. The van der Waals surface area contributed by atoms with Crippen molar-refractivity contribution in [2.24, 2.45) is 0 Å². The second-order valence-electron chi connectivity index (χ2n) is 4.75. The van der Waals surface area contributed by atoms with Crippen molar-refractivity contribution in [2.45, 2.75) is 20.4 Å². The summed E-state index contributed by atoms with van der Waals surface area (Å²) in [6.07, 6.45) is 0. The van der Waals surface area contributed by atoms with Crippen molar-refractivity contribution in [1.82, 2.24) is 0 Å². The van der Waals surface area contributed by atoms with Gasteiger partial charge in [0.1, 0.15) is 0 Å². The predicted molar refractivity (Wildman–Crippen MR) is 89.0 cm³/mol. The van der Waals surface area contributed by atoms with Gasteiger partial charge in [-0.15, -0.1) is 0 Å². The number of halogens is 2. The first-order chi connectivity index (χ1) is 9.90. The van der Waals surface area contributed by atoms with E-state index in [0.717, 1.165) is 21.3 Å². The van der Waals surface area contributed by atoms with Gasteiger partial charge >= 0.3 is 0 Å². The number of nitrogens with one attached hydrogen (secondary N) is 1. The van der Waals surface area contributed by atoms with E-state index in [2.05, 4.69) is 21.2 Å². The molecule has 6 heteroatoms. The van der Waals surface area contributed by atoms with Gasteiger partial charge in [-0.2, -0.15) is 0 Å². The van der Waals surface area contributed by atoms with Gasteiger partial charge in [-0.1, -0.05) is 23.7 Å². The molecule has 0 aromatic heterocycles. The molecule has 0 aliphatic carbocycles. The lowest BCUT2D eigenvalue weighted by molar-refractivity contribution is -0.385. The first-order valence-electron chi connectivity index (χ1n) is 6.32. The Morgan fingerprint density at radius 2 is 2.05 bits per heavy atom. The van der Waals surface area contributed by atoms with Crippen molar-refractivity contribution in [3.8, 4) is 0 Å². The van der Waals surface area contributed by atoms with Gasteiger partial charge in [0.15, 0.2) is 0 Å². The number of rotatable bonds is 4. The van der Waals surface area contributed by atoms with Crippen molar-refractivity contribution in [1.29, 1.82) is 0 Å². The summed E-state index contributed by atoms with van der Waals surface area (Å²) in [5.41, 5.74) is 3.53. The Balaban J connectivity index is 2.23. The van der Waals surface area contributed by atoms with Crippen LogP contribution < -0.4 is 5.32 Å². The van der Waals surface area contributed by atoms with Crippen LogP contribution in [0, 0.1) is 24.0 Å². The lowest BCUT2D eigenvalue weighted by atomic mass is 10.1. The van der Waals surface area contributed by atoms with Gasteiger partial charge in [-0.3, -0.25) is 10.1 Å². The third-order valence-electron chi connectivity index (χ3n) is 3.33. The van der Waals surface area contributed by atoms with E-state index in [1.165, 1.54) is 6.07 Å². The fraction of sp³-hybridized carbons (Fsp3) is 0.200. The molecular formula is C15H14BrClN2O2. The summed E-state index contributed by atoms with van der Waals surface area (Å²) < 4.78 is 0.910. The fourth-order valence-corrected chi connectivity index (χ4v) is 2.79. The Morgan fingerprint density at radius 1 is 1.33 bits per heavy atom. The summed E-state index contributed by atoms with van der Waals surface area (Å²) in [7, 11) is 0. The zero-order valence-corrected chi connectivity index (χ0v) is 14.0. The molecule has 21 heavy (non-hydrogen) atoms. The third kappa shape index (κ3) is 3.54. The molecule has 2 rings (SSSR count). The van der Waals surface area contributed by atoms with Crippen molar-refractivity contribution >= 4 is 38.9 Å². The Morgan fingerprint density at radius 3 is 2.71 bits per heavy atom. The molecule has 110 valence electrons. The highest BCUT2D eigenvalue weighted by molar-refractivity contribution is 9.10. The van der Waals surface area contributed by atoms with Gasteiger partial charge < -0.3 is 5.32 Å². The maximum Gasteiger partial charge on any atom is 0.272 e. The molecule has 0 spiro atoms. The van der Waals surface area contributed by atoms with Crippen LogP contribution in [-0.2, 0) is 6.54 Å². The van der Waals surface area contributed by atoms with Crippen molar-refractivity contribution in [3.05, 3.63) is 66.6 Å². The minimum absolute atomic E-state index is 0.135. The van der Waals surface area contributed by atoms with Gasteiger partial charge in [0.2, 0.25) is 0 Å². The highest BCUT2D eigenvalue weighted by Gasteiger charge is 2.13. The molecule has 0 heterocycles. The molecule has 0 bridgehead atoms. The SMILES string of the molecule is Cc1cc(Br)c(NCc2cccc([N+](=O)[O-])c2C)cc1Cl. The number of nitro groups is 1. The summed E-state index contributed by atoms with van der Waals surface area (Å²) in [6.45, 7) is 4.18. The molecular weight excluding hydrogens is 356 g/mol. The normalized spacial score (nSPS) is 10.5. The summed E-state index contributed by atoms with van der Waals surface area (Å²) in [6, 6.07) is 8.86. The lowest BCUT2D eigenvalue weighted by Crippen LogP contribution is -2.04. The molecule has 0 amide bonds. The number of benzene rings is 2. The lowest BCUT2D eigenvalue weighted by Gasteiger charge is -2.12. The van der Waals surface area contributed by atoms with E-state index in [9.17, 15) is 10.1 Å². The van der Waals surface area contributed by atoms with E-state index in [0.29, 0.717) is 17.1 Å². The van der Waals surface area contributed by atoms with Crippen LogP contribution in [0.4, 0.5) is 11.4 Å². The Bertz CT molecular complexity index is 704. The molecule has 2 aromatic carbocycles. The molecule has 2 aromatic rings. The van der Waals surface area contributed by atoms with Crippen LogP contribution in [0.2, 0.25) is 5.02 Å². The average Bonchev–Trinajstić information content (AvgIpc) is 2.42. The summed E-state index contributed by atoms with van der Waals surface area (Å²) >= 11 is 9.60. The second-order valence-corrected chi connectivity index (χ2v) is 6.01. The zero-order chi connectivity index (χ0) is 15.6. The summed E-state index contributed by atoms with van der Waals surface area (Å²) in [4.78, 5) is 10.6. The topological polar surface area (TPSA) is 55.2 Å². The number of anilines is 1. The second kappa shape index (κ2) is 6.45. The minimum atomic E-state index is -0.364. The van der Waals surface area contributed by atoms with Crippen LogP contribution in [0.15, 0.2) is 34.8 Å². The fourth-order valence-electron chi connectivity index (χ4n) is 2.03. The Labute approximate surface area is 136 Å².